The van der Waals surface area contributed by atoms with E-state index in [1.165, 1.54) is 0 Å². The topological polar surface area (TPSA) is 55.6 Å². The Morgan fingerprint density at radius 1 is 1.25 bits per heavy atom. The minimum absolute atomic E-state index is 0.0567. The quantitative estimate of drug-likeness (QED) is 0.921. The fourth-order valence-corrected chi connectivity index (χ4v) is 2.46. The molecule has 0 radical (unpaired) electrons. The molecule has 108 valence electrons. The maximum Gasteiger partial charge on any atom is 0.165 e. The van der Waals surface area contributed by atoms with Crippen LogP contribution in [0, 0.1) is 0 Å². The highest BCUT2D eigenvalue weighted by molar-refractivity contribution is 6.35. The highest BCUT2D eigenvalue weighted by Crippen LogP contribution is 2.28. The van der Waals surface area contributed by atoms with Crippen LogP contribution in [0.25, 0.3) is 0 Å². The predicted octanol–water partition coefficient (Wildman–Crippen LogP) is 3.09. The summed E-state index contributed by atoms with van der Waals surface area (Å²) in [5, 5.41) is 16.4. The second-order valence-corrected chi connectivity index (χ2v) is 5.76. The lowest BCUT2D eigenvalue weighted by molar-refractivity contribution is 0.490. The smallest absolute Gasteiger partial charge is 0.165 e. The van der Waals surface area contributed by atoms with E-state index in [-0.39, 0.29) is 6.04 Å². The summed E-state index contributed by atoms with van der Waals surface area (Å²) in [5.41, 5.74) is 0.939. The molecule has 0 saturated heterocycles. The molecular weight excluding hydrogens is 297 g/mol. The third-order valence-corrected chi connectivity index (χ3v) is 3.57. The molecule has 20 heavy (non-hydrogen) atoms. The van der Waals surface area contributed by atoms with E-state index in [1.807, 2.05) is 19.1 Å². The van der Waals surface area contributed by atoms with Crippen LogP contribution in [-0.2, 0) is 6.54 Å². The van der Waals surface area contributed by atoms with Gasteiger partial charge in [-0.3, -0.25) is 0 Å². The molecule has 0 amide bonds. The van der Waals surface area contributed by atoms with Crippen LogP contribution in [0.15, 0.2) is 18.2 Å². The lowest BCUT2D eigenvalue weighted by Crippen LogP contribution is -2.25. The molecule has 1 atom stereocenters. The average molecular weight is 314 g/mol. The molecule has 0 aliphatic heterocycles. The highest BCUT2D eigenvalue weighted by atomic mass is 35.5. The van der Waals surface area contributed by atoms with Crippen LogP contribution in [0.3, 0.4) is 0 Å². The van der Waals surface area contributed by atoms with Crippen LogP contribution >= 0.6 is 23.2 Å². The molecule has 0 fully saturated rings. The number of nitrogens with one attached hydrogen (secondary N) is 1. The van der Waals surface area contributed by atoms with Crippen molar-refractivity contribution in [3.63, 3.8) is 0 Å². The number of hydrogen-bond donors (Lipinski definition) is 1. The Balaban J connectivity index is 2.24. The summed E-state index contributed by atoms with van der Waals surface area (Å²) in [6, 6.07) is 5.76. The third-order valence-electron chi connectivity index (χ3n) is 3.01. The maximum atomic E-state index is 6.24. The van der Waals surface area contributed by atoms with Gasteiger partial charge >= 0.3 is 0 Å². The normalized spacial score (nSPS) is 12.9. The van der Waals surface area contributed by atoms with Gasteiger partial charge in [0.25, 0.3) is 0 Å². The zero-order valence-corrected chi connectivity index (χ0v) is 13.2. The predicted molar refractivity (Wildman–Crippen MR) is 80.1 cm³/mol. The lowest BCUT2D eigenvalue weighted by atomic mass is 10.1. The first-order valence-electron chi connectivity index (χ1n) is 6.44. The molecule has 1 aromatic heterocycles. The molecule has 1 unspecified atom stereocenters. The summed E-state index contributed by atoms with van der Waals surface area (Å²) >= 11 is 12.2. The summed E-state index contributed by atoms with van der Waals surface area (Å²) in [7, 11) is 0. The molecule has 0 bridgehead atoms. The largest absolute Gasteiger partial charge is 0.308 e. The Hall–Kier alpha value is -1.17. The van der Waals surface area contributed by atoms with Gasteiger partial charge < -0.3 is 5.32 Å². The molecule has 0 aliphatic carbocycles. The van der Waals surface area contributed by atoms with Crippen LogP contribution < -0.4 is 5.32 Å². The molecule has 0 saturated carbocycles. The monoisotopic (exact) mass is 313 g/mol. The van der Waals surface area contributed by atoms with Gasteiger partial charge in [0.15, 0.2) is 5.82 Å². The van der Waals surface area contributed by atoms with Gasteiger partial charge in [-0.05, 0) is 35.0 Å². The van der Waals surface area contributed by atoms with Crippen molar-refractivity contribution in [3.05, 3.63) is 39.6 Å². The van der Waals surface area contributed by atoms with Gasteiger partial charge in [-0.25, -0.2) is 4.68 Å². The number of rotatable bonds is 5. The van der Waals surface area contributed by atoms with E-state index >= 15 is 0 Å². The van der Waals surface area contributed by atoms with Crippen molar-refractivity contribution in [1.29, 1.82) is 0 Å². The zero-order chi connectivity index (χ0) is 14.7. The van der Waals surface area contributed by atoms with Crippen molar-refractivity contribution in [2.75, 3.05) is 0 Å². The first kappa shape index (κ1) is 15.2. The lowest BCUT2D eigenvalue weighted by Gasteiger charge is -2.16. The summed E-state index contributed by atoms with van der Waals surface area (Å²) in [4.78, 5) is 0. The van der Waals surface area contributed by atoms with E-state index in [2.05, 4.69) is 34.7 Å². The molecule has 0 aliphatic rings. The zero-order valence-electron chi connectivity index (χ0n) is 11.6. The number of hydrogen-bond acceptors (Lipinski definition) is 4. The molecule has 7 heteroatoms. The van der Waals surface area contributed by atoms with Crippen LogP contribution in [0.2, 0.25) is 10.0 Å². The Kier molecular flexibility index (Phi) is 4.96. The molecule has 1 N–H and O–H groups in total. The number of tetrazole rings is 1. The fraction of sp³-hybridized carbons (Fsp3) is 0.462. The van der Waals surface area contributed by atoms with Crippen molar-refractivity contribution in [3.8, 4) is 0 Å². The summed E-state index contributed by atoms with van der Waals surface area (Å²) in [6.45, 7) is 6.77. The van der Waals surface area contributed by atoms with Gasteiger partial charge in [0.1, 0.15) is 0 Å². The Morgan fingerprint density at radius 2 is 2.00 bits per heavy atom. The van der Waals surface area contributed by atoms with Crippen molar-refractivity contribution in [1.82, 2.24) is 25.5 Å². The van der Waals surface area contributed by atoms with Gasteiger partial charge in [-0.2, -0.15) is 0 Å². The second kappa shape index (κ2) is 6.52. The standard InChI is InChI=1S/C13H17Cl2N5/c1-8(2)16-7-13-17-18-19-20(13)9(3)11-5-4-10(14)6-12(11)15/h4-6,8-9,16H,7H2,1-3H3. The first-order valence-corrected chi connectivity index (χ1v) is 7.19. The van der Waals surface area contributed by atoms with Gasteiger partial charge in [0, 0.05) is 16.1 Å². The molecule has 5 nitrogen and oxygen atoms in total. The first-order chi connectivity index (χ1) is 9.49. The Morgan fingerprint density at radius 3 is 2.65 bits per heavy atom. The highest BCUT2D eigenvalue weighted by Gasteiger charge is 2.17. The Bertz CT molecular complexity index is 582. The van der Waals surface area contributed by atoms with Crippen LogP contribution in [0.1, 0.15) is 38.2 Å². The van der Waals surface area contributed by atoms with E-state index in [1.54, 1.807) is 10.7 Å². The minimum Gasteiger partial charge on any atom is -0.308 e. The van der Waals surface area contributed by atoms with Crippen molar-refractivity contribution in [2.24, 2.45) is 0 Å². The van der Waals surface area contributed by atoms with Crippen molar-refractivity contribution in [2.45, 2.75) is 39.4 Å². The summed E-state index contributed by atoms with van der Waals surface area (Å²) in [5.74, 6) is 0.775. The van der Waals surface area contributed by atoms with E-state index < -0.39 is 0 Å². The minimum atomic E-state index is -0.0567. The maximum absolute atomic E-state index is 6.24. The molecule has 2 rings (SSSR count). The molecular formula is C13H17Cl2N5. The van der Waals surface area contributed by atoms with Gasteiger partial charge in [-0.15, -0.1) is 5.10 Å². The van der Waals surface area contributed by atoms with Crippen LogP contribution in [0.4, 0.5) is 0 Å². The second-order valence-electron chi connectivity index (χ2n) is 4.92. The van der Waals surface area contributed by atoms with Gasteiger partial charge in [-0.1, -0.05) is 43.1 Å². The van der Waals surface area contributed by atoms with Crippen molar-refractivity contribution < 1.29 is 0 Å². The summed E-state index contributed by atoms with van der Waals surface area (Å²) in [6.07, 6.45) is 0. The van der Waals surface area contributed by atoms with Crippen LogP contribution in [0.5, 0.6) is 0 Å². The Labute approximate surface area is 128 Å². The number of halogens is 2. The molecule has 2 aromatic rings. The molecule has 1 aromatic carbocycles. The van der Waals surface area contributed by atoms with Gasteiger partial charge in [0.05, 0.1) is 12.6 Å². The summed E-state index contributed by atoms with van der Waals surface area (Å²) < 4.78 is 1.77. The van der Waals surface area contributed by atoms with E-state index in [0.29, 0.717) is 22.6 Å². The van der Waals surface area contributed by atoms with E-state index in [9.17, 15) is 0 Å². The van der Waals surface area contributed by atoms with E-state index in [0.717, 1.165) is 11.4 Å². The number of benzene rings is 1. The third kappa shape index (κ3) is 3.48. The number of aromatic nitrogens is 4. The fourth-order valence-electron chi connectivity index (χ4n) is 1.90. The van der Waals surface area contributed by atoms with Gasteiger partial charge in [0.2, 0.25) is 0 Å². The number of nitrogens with zero attached hydrogens (tertiary/aromatic N) is 4. The van der Waals surface area contributed by atoms with Crippen molar-refractivity contribution >= 4 is 23.2 Å². The SMILES string of the molecule is CC(C)NCc1nnnn1C(C)c1ccc(Cl)cc1Cl. The average Bonchev–Trinajstić information content (AvgIpc) is 2.83. The molecule has 1 heterocycles. The van der Waals surface area contributed by atoms with Crippen LogP contribution in [-0.4, -0.2) is 26.2 Å². The van der Waals surface area contributed by atoms with E-state index in [4.69, 9.17) is 23.2 Å². The molecule has 0 spiro atoms.